The van der Waals surface area contributed by atoms with Crippen LogP contribution in [0.4, 0.5) is 5.69 Å². The molecule has 0 amide bonds. The Balaban J connectivity index is 1.80. The SMILES string of the molecule is O=S1(=O)CC[C@@H](N(Cc2ccccc2)C(=S)Nc2ccccc2)C1. The van der Waals surface area contributed by atoms with Gasteiger partial charge < -0.3 is 10.2 Å². The van der Waals surface area contributed by atoms with Crippen LogP contribution in [0.2, 0.25) is 0 Å². The Kier molecular flexibility index (Phi) is 5.16. The van der Waals surface area contributed by atoms with E-state index in [1.807, 2.05) is 65.6 Å². The van der Waals surface area contributed by atoms with E-state index in [2.05, 4.69) is 5.32 Å². The molecule has 0 saturated carbocycles. The van der Waals surface area contributed by atoms with Gasteiger partial charge in [-0.3, -0.25) is 0 Å². The molecule has 1 aliphatic rings. The molecule has 1 atom stereocenters. The van der Waals surface area contributed by atoms with Gasteiger partial charge in [0.15, 0.2) is 14.9 Å². The van der Waals surface area contributed by atoms with Gasteiger partial charge in [-0.25, -0.2) is 8.42 Å². The van der Waals surface area contributed by atoms with Gasteiger partial charge in [-0.05, 0) is 36.3 Å². The van der Waals surface area contributed by atoms with E-state index in [-0.39, 0.29) is 17.5 Å². The van der Waals surface area contributed by atoms with Gasteiger partial charge in [0.2, 0.25) is 0 Å². The first kappa shape index (κ1) is 16.9. The lowest BCUT2D eigenvalue weighted by molar-refractivity contribution is 0.332. The monoisotopic (exact) mass is 360 g/mol. The molecule has 0 radical (unpaired) electrons. The second-order valence-corrected chi connectivity index (χ2v) is 8.58. The smallest absolute Gasteiger partial charge is 0.174 e. The Hall–Kier alpha value is -1.92. The molecule has 24 heavy (non-hydrogen) atoms. The van der Waals surface area contributed by atoms with Crippen molar-refractivity contribution in [2.45, 2.75) is 19.0 Å². The minimum Gasteiger partial charge on any atom is -0.341 e. The molecule has 0 unspecified atom stereocenters. The maximum atomic E-state index is 11.9. The second kappa shape index (κ2) is 7.32. The zero-order chi connectivity index (χ0) is 17.0. The molecule has 0 aromatic heterocycles. The minimum atomic E-state index is -2.97. The number of nitrogens with one attached hydrogen (secondary N) is 1. The third kappa shape index (κ3) is 4.33. The third-order valence-corrected chi connectivity index (χ3v) is 6.22. The summed E-state index contributed by atoms with van der Waals surface area (Å²) in [4.78, 5) is 2.00. The van der Waals surface area contributed by atoms with E-state index < -0.39 is 9.84 Å². The first-order chi connectivity index (χ1) is 11.5. The lowest BCUT2D eigenvalue weighted by Crippen LogP contribution is -2.42. The molecule has 2 aromatic rings. The Labute approximate surface area is 148 Å². The predicted octanol–water partition coefficient (Wildman–Crippen LogP) is 3.07. The number of para-hydroxylation sites is 1. The number of benzene rings is 2. The average molecular weight is 361 g/mol. The van der Waals surface area contributed by atoms with Crippen molar-refractivity contribution in [1.29, 1.82) is 0 Å². The van der Waals surface area contributed by atoms with Crippen LogP contribution in [0.1, 0.15) is 12.0 Å². The number of rotatable bonds is 4. The van der Waals surface area contributed by atoms with Gasteiger partial charge in [0, 0.05) is 18.3 Å². The standard InChI is InChI=1S/C18H20N2O2S2/c21-24(22)12-11-17(14-24)20(13-15-7-3-1-4-8-15)18(23)19-16-9-5-2-6-10-16/h1-10,17H,11-14H2,(H,19,23)/t17-/m1/s1. The van der Waals surface area contributed by atoms with E-state index in [0.717, 1.165) is 11.3 Å². The van der Waals surface area contributed by atoms with E-state index in [1.54, 1.807) is 0 Å². The van der Waals surface area contributed by atoms with Crippen LogP contribution in [0.3, 0.4) is 0 Å². The molecule has 1 N–H and O–H groups in total. The van der Waals surface area contributed by atoms with Crippen LogP contribution in [0.25, 0.3) is 0 Å². The quantitative estimate of drug-likeness (QED) is 0.849. The fourth-order valence-electron chi connectivity index (χ4n) is 2.88. The molecule has 0 bridgehead atoms. The van der Waals surface area contributed by atoms with Gasteiger partial charge in [0.1, 0.15) is 0 Å². The number of hydrogen-bond acceptors (Lipinski definition) is 3. The second-order valence-electron chi connectivity index (χ2n) is 5.97. The first-order valence-corrected chi connectivity index (χ1v) is 10.1. The van der Waals surface area contributed by atoms with Gasteiger partial charge in [-0.15, -0.1) is 0 Å². The molecule has 1 fully saturated rings. The maximum Gasteiger partial charge on any atom is 0.174 e. The molecule has 1 aliphatic heterocycles. The summed E-state index contributed by atoms with van der Waals surface area (Å²) in [7, 11) is -2.97. The highest BCUT2D eigenvalue weighted by Crippen LogP contribution is 2.21. The summed E-state index contributed by atoms with van der Waals surface area (Å²) < 4.78 is 23.8. The summed E-state index contributed by atoms with van der Waals surface area (Å²) >= 11 is 5.59. The molecular weight excluding hydrogens is 340 g/mol. The van der Waals surface area contributed by atoms with Crippen molar-refractivity contribution in [3.05, 3.63) is 66.2 Å². The number of nitrogens with zero attached hydrogens (tertiary/aromatic N) is 1. The molecule has 1 saturated heterocycles. The highest BCUT2D eigenvalue weighted by molar-refractivity contribution is 7.91. The summed E-state index contributed by atoms with van der Waals surface area (Å²) in [6.07, 6.45) is 0.617. The molecule has 6 heteroatoms. The van der Waals surface area contributed by atoms with Gasteiger partial charge in [-0.2, -0.15) is 0 Å². The minimum absolute atomic E-state index is 0.0843. The molecular formula is C18H20N2O2S2. The summed E-state index contributed by atoms with van der Waals surface area (Å²) in [5, 5.41) is 3.79. The lowest BCUT2D eigenvalue weighted by Gasteiger charge is -2.31. The average Bonchev–Trinajstić information content (AvgIpc) is 2.94. The summed E-state index contributed by atoms with van der Waals surface area (Å²) in [6, 6.07) is 19.6. The van der Waals surface area contributed by atoms with Crippen molar-refractivity contribution in [2.24, 2.45) is 0 Å². The van der Waals surface area contributed by atoms with Crippen LogP contribution < -0.4 is 5.32 Å². The lowest BCUT2D eigenvalue weighted by atomic mass is 10.1. The Bertz CT molecular complexity index is 792. The largest absolute Gasteiger partial charge is 0.341 e. The Morgan fingerprint density at radius 2 is 1.71 bits per heavy atom. The third-order valence-electron chi connectivity index (χ3n) is 4.13. The fourth-order valence-corrected chi connectivity index (χ4v) is 4.95. The molecule has 4 nitrogen and oxygen atoms in total. The van der Waals surface area contributed by atoms with Crippen molar-refractivity contribution >= 4 is 32.9 Å². The first-order valence-electron chi connectivity index (χ1n) is 7.90. The molecule has 0 spiro atoms. The van der Waals surface area contributed by atoms with Gasteiger partial charge in [0.05, 0.1) is 11.5 Å². The van der Waals surface area contributed by atoms with Gasteiger partial charge in [-0.1, -0.05) is 48.5 Å². The van der Waals surface area contributed by atoms with Crippen molar-refractivity contribution in [3.63, 3.8) is 0 Å². The molecule has 126 valence electrons. The van der Waals surface area contributed by atoms with Crippen LogP contribution >= 0.6 is 12.2 Å². The summed E-state index contributed by atoms with van der Waals surface area (Å²) in [5.41, 5.74) is 2.01. The highest BCUT2D eigenvalue weighted by Gasteiger charge is 2.33. The topological polar surface area (TPSA) is 49.4 Å². The van der Waals surface area contributed by atoms with E-state index >= 15 is 0 Å². The molecule has 0 aliphatic carbocycles. The molecule has 1 heterocycles. The van der Waals surface area contributed by atoms with E-state index in [1.165, 1.54) is 0 Å². The van der Waals surface area contributed by atoms with Crippen LogP contribution in [-0.4, -0.2) is 36.0 Å². The zero-order valence-corrected chi connectivity index (χ0v) is 14.9. The van der Waals surface area contributed by atoms with E-state index in [4.69, 9.17) is 12.2 Å². The van der Waals surface area contributed by atoms with Crippen LogP contribution in [0.5, 0.6) is 0 Å². The number of thiocarbonyl (C=S) groups is 1. The van der Waals surface area contributed by atoms with Crippen molar-refractivity contribution < 1.29 is 8.42 Å². The normalized spacial score (nSPS) is 18.9. The number of anilines is 1. The fraction of sp³-hybridized carbons (Fsp3) is 0.278. The Morgan fingerprint density at radius 1 is 1.08 bits per heavy atom. The van der Waals surface area contributed by atoms with Crippen molar-refractivity contribution in [3.8, 4) is 0 Å². The highest BCUT2D eigenvalue weighted by atomic mass is 32.2. The van der Waals surface area contributed by atoms with Crippen molar-refractivity contribution in [1.82, 2.24) is 4.90 Å². The van der Waals surface area contributed by atoms with Gasteiger partial charge >= 0.3 is 0 Å². The van der Waals surface area contributed by atoms with E-state index in [0.29, 0.717) is 18.1 Å². The summed E-state index contributed by atoms with van der Waals surface area (Å²) in [6.45, 7) is 0.597. The van der Waals surface area contributed by atoms with Crippen LogP contribution in [0, 0.1) is 0 Å². The Morgan fingerprint density at radius 3 is 2.29 bits per heavy atom. The van der Waals surface area contributed by atoms with Gasteiger partial charge in [0.25, 0.3) is 0 Å². The summed E-state index contributed by atoms with van der Waals surface area (Å²) in [5.74, 6) is 0.396. The maximum absolute atomic E-state index is 11.9. The number of hydrogen-bond donors (Lipinski definition) is 1. The molecule has 2 aromatic carbocycles. The zero-order valence-electron chi connectivity index (χ0n) is 13.3. The van der Waals surface area contributed by atoms with Crippen LogP contribution in [0.15, 0.2) is 60.7 Å². The number of sulfone groups is 1. The van der Waals surface area contributed by atoms with Crippen molar-refractivity contribution in [2.75, 3.05) is 16.8 Å². The van der Waals surface area contributed by atoms with E-state index in [9.17, 15) is 8.42 Å². The molecule has 3 rings (SSSR count). The van der Waals surface area contributed by atoms with Crippen LogP contribution in [-0.2, 0) is 16.4 Å². The predicted molar refractivity (Wildman–Crippen MR) is 102 cm³/mol.